The van der Waals surface area contributed by atoms with E-state index >= 15 is 0 Å². The van der Waals surface area contributed by atoms with Gasteiger partial charge in [-0.25, -0.2) is 4.57 Å². The molecule has 0 aliphatic rings. The zero-order valence-corrected chi connectivity index (χ0v) is 23.8. The number of aliphatic hydroxyl groups excluding tert-OH is 1. The number of hydrogen-bond donors (Lipinski definition) is 3. The third-order valence-corrected chi connectivity index (χ3v) is 6.40. The molecule has 0 aromatic rings. The van der Waals surface area contributed by atoms with Crippen molar-refractivity contribution in [2.45, 2.75) is 109 Å². The Labute approximate surface area is 214 Å². The second-order valence-electron chi connectivity index (χ2n) is 10.7. The Kier molecular flexibility index (Phi) is 22.5. The highest BCUT2D eigenvalue weighted by Gasteiger charge is 2.22. The molecular weight excluding hydrogens is 471 g/mol. The quantitative estimate of drug-likeness (QED) is 0.104. The van der Waals surface area contributed by atoms with Crippen LogP contribution in [0.5, 0.6) is 0 Å². The number of hydrogen-bond acceptors (Lipinski definition) is 4. The Hall–Kier alpha value is -0.540. The lowest BCUT2D eigenvalue weighted by Crippen LogP contribution is -2.47. The van der Waals surface area contributed by atoms with Crippen LogP contribution in [0.3, 0.4) is 0 Å². The second kappa shape index (κ2) is 21.5. The molecule has 10 heteroatoms. The summed E-state index contributed by atoms with van der Waals surface area (Å²) in [6.07, 6.45) is 17.1. The number of nitrogens with zero attached hydrogens (tertiary/aromatic N) is 2. The average Bonchev–Trinajstić information content (AvgIpc) is 2.72. The van der Waals surface area contributed by atoms with Crippen molar-refractivity contribution < 1.29 is 38.7 Å². The summed E-state index contributed by atoms with van der Waals surface area (Å²) in [6.45, 7) is 3.17. The average molecular weight is 528 g/mol. The first-order valence-electron chi connectivity index (χ1n) is 13.4. The summed E-state index contributed by atoms with van der Waals surface area (Å²) in [7, 11) is 1.29. The van der Waals surface area contributed by atoms with Crippen LogP contribution in [0.1, 0.15) is 103 Å². The summed E-state index contributed by atoms with van der Waals surface area (Å²) >= 11 is 0. The topological polar surface area (TPSA) is 139 Å². The molecule has 212 valence electrons. The van der Waals surface area contributed by atoms with Crippen LogP contribution in [-0.4, -0.2) is 89.1 Å². The third-order valence-electron chi connectivity index (χ3n) is 5.91. The first kappa shape index (κ1) is 36.6. The van der Waals surface area contributed by atoms with Crippen LogP contribution in [-0.2, 0) is 13.9 Å². The molecule has 0 heterocycles. The van der Waals surface area contributed by atoms with E-state index in [4.69, 9.17) is 9.79 Å². The van der Waals surface area contributed by atoms with Crippen LogP contribution in [0.25, 0.3) is 0 Å². The van der Waals surface area contributed by atoms with Crippen LogP contribution in [0, 0.1) is 0 Å². The van der Waals surface area contributed by atoms with Crippen molar-refractivity contribution >= 4 is 13.7 Å². The number of phosphoric acid groups is 1. The molecule has 1 atom stereocenters. The van der Waals surface area contributed by atoms with E-state index in [0.717, 1.165) is 12.8 Å². The number of amides is 1. The van der Waals surface area contributed by atoms with Crippen molar-refractivity contribution in [2.75, 3.05) is 47.4 Å². The van der Waals surface area contributed by atoms with Gasteiger partial charge in [0.2, 0.25) is 0 Å². The van der Waals surface area contributed by atoms with Crippen molar-refractivity contribution in [2.24, 2.45) is 0 Å². The molecule has 0 radical (unpaired) electrons. The zero-order chi connectivity index (χ0) is 25.9. The van der Waals surface area contributed by atoms with Gasteiger partial charge in [-0.3, -0.25) is 9.32 Å². The number of carbonyl (C=O) groups is 1. The van der Waals surface area contributed by atoms with Crippen molar-refractivity contribution in [1.82, 2.24) is 4.90 Å². The van der Waals surface area contributed by atoms with Gasteiger partial charge in [0.05, 0.1) is 33.9 Å². The van der Waals surface area contributed by atoms with Gasteiger partial charge in [-0.1, -0.05) is 90.4 Å². The molecule has 0 bridgehead atoms. The first-order valence-corrected chi connectivity index (χ1v) is 14.9. The molecule has 0 aliphatic heterocycles. The predicted octanol–water partition coefficient (Wildman–Crippen LogP) is 4.04. The number of likely N-dealkylation sites (N-methyl/N-ethyl adjacent to an activating group) is 1. The van der Waals surface area contributed by atoms with Gasteiger partial charge in [-0.2, -0.15) is 0 Å². The minimum absolute atomic E-state index is 0. The molecule has 0 saturated heterocycles. The lowest BCUT2D eigenvalue weighted by atomic mass is 10.0. The molecule has 0 aromatic carbocycles. The Bertz CT molecular complexity index is 552. The zero-order valence-electron chi connectivity index (χ0n) is 22.9. The highest BCUT2D eigenvalue weighted by molar-refractivity contribution is 7.46. The van der Waals surface area contributed by atoms with Crippen LogP contribution in [0.15, 0.2) is 0 Å². The normalized spacial score (nSPS) is 12.9. The highest BCUT2D eigenvalue weighted by Crippen LogP contribution is 2.35. The van der Waals surface area contributed by atoms with Crippen LogP contribution >= 0.6 is 7.82 Å². The minimum atomic E-state index is -4.60. The SMILES string of the molecule is CCCCCCCCCCCCCCCCN(CCC(O)COP(=O)(O)O)C(=O)C[N+](C)(C)C.O. The first-order chi connectivity index (χ1) is 15.9. The lowest BCUT2D eigenvalue weighted by molar-refractivity contribution is -0.862. The maximum absolute atomic E-state index is 12.7. The fourth-order valence-electron chi connectivity index (χ4n) is 3.94. The molecule has 0 aliphatic carbocycles. The molecule has 5 N–H and O–H groups in total. The Balaban J connectivity index is 0. The molecule has 9 nitrogen and oxygen atoms in total. The van der Waals surface area contributed by atoms with Gasteiger partial charge in [0.1, 0.15) is 0 Å². The largest absolute Gasteiger partial charge is 0.469 e. The second-order valence-corrected chi connectivity index (χ2v) is 11.9. The van der Waals surface area contributed by atoms with E-state index in [1.165, 1.54) is 77.0 Å². The van der Waals surface area contributed by atoms with E-state index in [1.54, 1.807) is 4.90 Å². The summed E-state index contributed by atoms with van der Waals surface area (Å²) in [5.41, 5.74) is 0. The van der Waals surface area contributed by atoms with Gasteiger partial charge in [0.25, 0.3) is 5.91 Å². The van der Waals surface area contributed by atoms with Gasteiger partial charge in [-0.05, 0) is 12.8 Å². The summed E-state index contributed by atoms with van der Waals surface area (Å²) in [5, 5.41) is 9.96. The maximum Gasteiger partial charge on any atom is 0.469 e. The summed E-state index contributed by atoms with van der Waals surface area (Å²) in [4.78, 5) is 32.0. The molecule has 0 saturated carbocycles. The molecule has 0 rings (SSSR count). The van der Waals surface area contributed by atoms with Crippen molar-refractivity contribution in [3.8, 4) is 0 Å². The summed E-state index contributed by atoms with van der Waals surface area (Å²) in [5.74, 6) is 0.0327. The summed E-state index contributed by atoms with van der Waals surface area (Å²) < 4.78 is 15.7. The van der Waals surface area contributed by atoms with E-state index in [2.05, 4.69) is 11.4 Å². The van der Waals surface area contributed by atoms with Gasteiger partial charge >= 0.3 is 7.82 Å². The van der Waals surface area contributed by atoms with Gasteiger partial charge in [-0.15, -0.1) is 0 Å². The van der Waals surface area contributed by atoms with E-state index < -0.39 is 20.5 Å². The summed E-state index contributed by atoms with van der Waals surface area (Å²) in [6, 6.07) is 0. The molecule has 0 spiro atoms. The number of quaternary nitrogens is 1. The molecular formula is C25H56N2O7P+. The van der Waals surface area contributed by atoms with E-state index in [1.807, 2.05) is 21.1 Å². The lowest BCUT2D eigenvalue weighted by Gasteiger charge is -2.29. The monoisotopic (exact) mass is 527 g/mol. The standard InChI is InChI=1S/C25H53N2O6P.H2O/c1-5-6-7-8-9-10-11-12-13-14-15-16-17-18-20-26(25(29)22-27(2,3)4)21-19-24(28)23-33-34(30,31)32;/h24,28H,5-23H2,1-4H3,(H-,30,31,32);1H2/p+1. The Morgan fingerprint density at radius 3 is 1.66 bits per heavy atom. The predicted molar refractivity (Wildman–Crippen MR) is 142 cm³/mol. The van der Waals surface area contributed by atoms with E-state index in [9.17, 15) is 14.5 Å². The number of phosphoric ester groups is 1. The smallest absolute Gasteiger partial charge is 0.412 e. The van der Waals surface area contributed by atoms with Gasteiger partial charge < -0.3 is 29.8 Å². The fraction of sp³-hybridized carbons (Fsp3) is 0.960. The molecule has 35 heavy (non-hydrogen) atoms. The van der Waals surface area contributed by atoms with Crippen molar-refractivity contribution in [3.63, 3.8) is 0 Å². The molecule has 0 fully saturated rings. The maximum atomic E-state index is 12.7. The molecule has 1 amide bonds. The molecule has 0 aromatic heterocycles. The van der Waals surface area contributed by atoms with E-state index in [-0.39, 0.29) is 17.8 Å². The number of aliphatic hydroxyl groups is 1. The minimum Gasteiger partial charge on any atom is -0.412 e. The van der Waals surface area contributed by atoms with Crippen LogP contribution in [0.4, 0.5) is 0 Å². The van der Waals surface area contributed by atoms with E-state index in [0.29, 0.717) is 24.1 Å². The van der Waals surface area contributed by atoms with Gasteiger partial charge in [0, 0.05) is 13.1 Å². The Morgan fingerprint density at radius 2 is 1.26 bits per heavy atom. The fourth-order valence-corrected chi connectivity index (χ4v) is 4.30. The number of rotatable bonds is 23. The molecule has 1 unspecified atom stereocenters. The highest BCUT2D eigenvalue weighted by atomic mass is 31.2. The van der Waals surface area contributed by atoms with Crippen LogP contribution in [0.2, 0.25) is 0 Å². The third kappa shape index (κ3) is 26.3. The van der Waals surface area contributed by atoms with Crippen molar-refractivity contribution in [3.05, 3.63) is 0 Å². The Morgan fingerprint density at radius 1 is 0.829 bits per heavy atom. The van der Waals surface area contributed by atoms with Crippen molar-refractivity contribution in [1.29, 1.82) is 0 Å². The number of unbranched alkanes of at least 4 members (excludes halogenated alkanes) is 13. The number of carbonyl (C=O) groups excluding carboxylic acids is 1. The van der Waals surface area contributed by atoms with Gasteiger partial charge in [0.15, 0.2) is 6.54 Å². The van der Waals surface area contributed by atoms with Crippen LogP contribution < -0.4 is 0 Å².